The van der Waals surface area contributed by atoms with Crippen LogP contribution in [-0.4, -0.2) is 26.1 Å². The summed E-state index contributed by atoms with van der Waals surface area (Å²) in [5.41, 5.74) is 0.182. The molecular formula is C14H18BrClN2O2. The van der Waals surface area contributed by atoms with Crippen LogP contribution in [0.25, 0.3) is 0 Å². The number of benzene rings is 1. The van der Waals surface area contributed by atoms with Gasteiger partial charge in [-0.3, -0.25) is 4.79 Å². The van der Waals surface area contributed by atoms with E-state index in [0.29, 0.717) is 23.0 Å². The number of anilines is 1. The molecule has 1 heterocycles. The van der Waals surface area contributed by atoms with Gasteiger partial charge in [0, 0.05) is 11.6 Å². The molecule has 1 amide bonds. The molecule has 0 radical (unpaired) electrons. The van der Waals surface area contributed by atoms with Gasteiger partial charge < -0.3 is 15.4 Å². The first kappa shape index (κ1) is 15.6. The molecule has 0 bridgehead atoms. The zero-order valence-corrected chi connectivity index (χ0v) is 13.9. The molecule has 0 spiro atoms. The number of rotatable bonds is 3. The van der Waals surface area contributed by atoms with Crippen molar-refractivity contribution in [3.8, 4) is 5.75 Å². The normalized spacial score (nSPS) is 22.4. The Morgan fingerprint density at radius 1 is 1.55 bits per heavy atom. The highest BCUT2D eigenvalue weighted by Gasteiger charge is 2.35. The summed E-state index contributed by atoms with van der Waals surface area (Å²) in [6.07, 6.45) is 1.87. The van der Waals surface area contributed by atoms with Gasteiger partial charge in [-0.1, -0.05) is 11.6 Å². The van der Waals surface area contributed by atoms with Crippen molar-refractivity contribution in [1.29, 1.82) is 0 Å². The van der Waals surface area contributed by atoms with Crippen molar-refractivity contribution in [3.05, 3.63) is 21.6 Å². The van der Waals surface area contributed by atoms with E-state index in [2.05, 4.69) is 26.6 Å². The molecule has 0 aliphatic carbocycles. The van der Waals surface area contributed by atoms with Gasteiger partial charge in [-0.15, -0.1) is 0 Å². The summed E-state index contributed by atoms with van der Waals surface area (Å²) in [5, 5.41) is 6.74. The highest BCUT2D eigenvalue weighted by atomic mass is 79.9. The molecule has 1 atom stereocenters. The molecule has 1 aromatic carbocycles. The Hall–Kier alpha value is -0.780. The Morgan fingerprint density at radius 2 is 2.30 bits per heavy atom. The highest BCUT2D eigenvalue weighted by Crippen LogP contribution is 2.37. The van der Waals surface area contributed by atoms with Crippen molar-refractivity contribution in [1.82, 2.24) is 5.32 Å². The fourth-order valence-electron chi connectivity index (χ4n) is 2.38. The Kier molecular flexibility index (Phi) is 4.94. The van der Waals surface area contributed by atoms with Crippen LogP contribution in [0.1, 0.15) is 19.8 Å². The second-order valence-electron chi connectivity index (χ2n) is 5.26. The summed E-state index contributed by atoms with van der Waals surface area (Å²) in [7, 11) is 1.56. The van der Waals surface area contributed by atoms with Gasteiger partial charge in [-0.25, -0.2) is 0 Å². The molecule has 1 aliphatic rings. The van der Waals surface area contributed by atoms with Crippen molar-refractivity contribution in [2.24, 2.45) is 5.41 Å². The number of piperidine rings is 1. The monoisotopic (exact) mass is 360 g/mol. The van der Waals surface area contributed by atoms with Crippen molar-refractivity contribution in [2.75, 3.05) is 25.5 Å². The summed E-state index contributed by atoms with van der Waals surface area (Å²) in [4.78, 5) is 12.5. The van der Waals surface area contributed by atoms with Gasteiger partial charge in [0.2, 0.25) is 5.91 Å². The van der Waals surface area contributed by atoms with Crippen LogP contribution >= 0.6 is 27.5 Å². The van der Waals surface area contributed by atoms with Crippen molar-refractivity contribution < 1.29 is 9.53 Å². The molecule has 1 fully saturated rings. The number of hydrogen-bond acceptors (Lipinski definition) is 3. The lowest BCUT2D eigenvalue weighted by molar-refractivity contribution is -0.125. The SMILES string of the molecule is COc1c(Br)cc(Cl)cc1NC(=O)C1(C)CCCNC1. The largest absolute Gasteiger partial charge is 0.493 e. The molecule has 110 valence electrons. The van der Waals surface area contributed by atoms with E-state index in [1.54, 1.807) is 19.2 Å². The third kappa shape index (κ3) is 3.27. The lowest BCUT2D eigenvalue weighted by Crippen LogP contribution is -2.46. The van der Waals surface area contributed by atoms with Gasteiger partial charge in [0.25, 0.3) is 0 Å². The fraction of sp³-hybridized carbons (Fsp3) is 0.500. The van der Waals surface area contributed by atoms with Gasteiger partial charge >= 0.3 is 0 Å². The van der Waals surface area contributed by atoms with E-state index in [4.69, 9.17) is 16.3 Å². The van der Waals surface area contributed by atoms with Gasteiger partial charge in [0.15, 0.2) is 5.75 Å². The predicted octanol–water partition coefficient (Wildman–Crippen LogP) is 3.44. The van der Waals surface area contributed by atoms with E-state index < -0.39 is 5.41 Å². The van der Waals surface area contributed by atoms with Crippen molar-refractivity contribution >= 4 is 39.1 Å². The van der Waals surface area contributed by atoms with Crippen molar-refractivity contribution in [2.45, 2.75) is 19.8 Å². The van der Waals surface area contributed by atoms with E-state index in [0.717, 1.165) is 23.9 Å². The Balaban J connectivity index is 2.23. The van der Waals surface area contributed by atoms with Crippen LogP contribution in [0.5, 0.6) is 5.75 Å². The topological polar surface area (TPSA) is 50.4 Å². The van der Waals surface area contributed by atoms with E-state index in [9.17, 15) is 4.79 Å². The molecule has 6 heteroatoms. The van der Waals surface area contributed by atoms with Crippen molar-refractivity contribution in [3.63, 3.8) is 0 Å². The summed E-state index contributed by atoms with van der Waals surface area (Å²) in [6, 6.07) is 3.43. The van der Waals surface area contributed by atoms with Crippen LogP contribution in [0, 0.1) is 5.41 Å². The first-order valence-corrected chi connectivity index (χ1v) is 7.68. The third-order valence-corrected chi connectivity index (χ3v) is 4.41. The number of carbonyl (C=O) groups excluding carboxylic acids is 1. The smallest absolute Gasteiger partial charge is 0.231 e. The minimum absolute atomic E-state index is 0.0165. The second kappa shape index (κ2) is 6.33. The van der Waals surface area contributed by atoms with Gasteiger partial charge in [0.05, 0.1) is 22.7 Å². The zero-order valence-electron chi connectivity index (χ0n) is 11.6. The molecule has 1 aliphatic heterocycles. The molecule has 1 unspecified atom stereocenters. The maximum absolute atomic E-state index is 12.5. The number of halogens is 2. The molecular weight excluding hydrogens is 344 g/mol. The lowest BCUT2D eigenvalue weighted by atomic mass is 9.82. The van der Waals surface area contributed by atoms with Gasteiger partial charge in [-0.05, 0) is 54.4 Å². The highest BCUT2D eigenvalue weighted by molar-refractivity contribution is 9.10. The summed E-state index contributed by atoms with van der Waals surface area (Å²) in [5.74, 6) is 0.562. The van der Waals surface area contributed by atoms with E-state index >= 15 is 0 Å². The Bertz CT molecular complexity index is 516. The third-order valence-electron chi connectivity index (χ3n) is 3.61. The van der Waals surface area contributed by atoms with Crippen LogP contribution in [0.3, 0.4) is 0 Å². The first-order chi connectivity index (χ1) is 9.46. The van der Waals surface area contributed by atoms with Crippen LogP contribution in [-0.2, 0) is 4.79 Å². The Labute approximate surface area is 132 Å². The molecule has 1 aromatic rings. The number of methoxy groups -OCH3 is 1. The fourth-order valence-corrected chi connectivity index (χ4v) is 3.36. The summed E-state index contributed by atoms with van der Waals surface area (Å²) >= 11 is 9.42. The number of amides is 1. The van der Waals surface area contributed by atoms with E-state index in [1.165, 1.54) is 0 Å². The van der Waals surface area contributed by atoms with Crippen LogP contribution in [0.15, 0.2) is 16.6 Å². The molecule has 0 saturated carbocycles. The molecule has 0 aromatic heterocycles. The average molecular weight is 362 g/mol. The quantitative estimate of drug-likeness (QED) is 0.867. The number of ether oxygens (including phenoxy) is 1. The minimum Gasteiger partial charge on any atom is -0.493 e. The van der Waals surface area contributed by atoms with Crippen LogP contribution in [0.2, 0.25) is 5.02 Å². The van der Waals surface area contributed by atoms with Gasteiger partial charge in [0.1, 0.15) is 0 Å². The maximum Gasteiger partial charge on any atom is 0.231 e. The summed E-state index contributed by atoms with van der Waals surface area (Å²) in [6.45, 7) is 3.62. The zero-order chi connectivity index (χ0) is 14.8. The lowest BCUT2D eigenvalue weighted by Gasteiger charge is -2.32. The van der Waals surface area contributed by atoms with Crippen LogP contribution in [0.4, 0.5) is 5.69 Å². The molecule has 2 N–H and O–H groups in total. The first-order valence-electron chi connectivity index (χ1n) is 6.51. The average Bonchev–Trinajstić information content (AvgIpc) is 2.39. The molecule has 1 saturated heterocycles. The number of nitrogens with one attached hydrogen (secondary N) is 2. The standard InChI is InChI=1S/C14H18BrClN2O2/c1-14(4-3-5-17-8-14)13(19)18-11-7-9(16)6-10(15)12(11)20-2/h6-7,17H,3-5,8H2,1-2H3,(H,18,19). The minimum atomic E-state index is -0.405. The predicted molar refractivity (Wildman–Crippen MR) is 84.5 cm³/mol. The van der Waals surface area contributed by atoms with Gasteiger partial charge in [-0.2, -0.15) is 0 Å². The second-order valence-corrected chi connectivity index (χ2v) is 6.55. The van der Waals surface area contributed by atoms with Crippen LogP contribution < -0.4 is 15.4 Å². The number of carbonyl (C=O) groups is 1. The molecule has 2 rings (SSSR count). The molecule has 4 nitrogen and oxygen atoms in total. The van der Waals surface area contributed by atoms with E-state index in [1.807, 2.05) is 6.92 Å². The summed E-state index contributed by atoms with van der Waals surface area (Å²) < 4.78 is 6.03. The van der Waals surface area contributed by atoms with E-state index in [-0.39, 0.29) is 5.91 Å². The molecule has 20 heavy (non-hydrogen) atoms. The maximum atomic E-state index is 12.5. The number of hydrogen-bond donors (Lipinski definition) is 2. The Morgan fingerprint density at radius 3 is 2.90 bits per heavy atom.